The number of nitrogens with one attached hydrogen (secondary N) is 1. The predicted molar refractivity (Wildman–Crippen MR) is 42.2 cm³/mol. The fourth-order valence-corrected chi connectivity index (χ4v) is 0.693. The van der Waals surface area contributed by atoms with Gasteiger partial charge in [0.1, 0.15) is 6.29 Å². The highest BCUT2D eigenvalue weighted by Gasteiger charge is 2.05. The summed E-state index contributed by atoms with van der Waals surface area (Å²) in [6, 6.07) is 0. The maximum Gasteiger partial charge on any atom is 0.233 e. The second kappa shape index (κ2) is 5.85. The smallest absolute Gasteiger partial charge is 0.233 e. The van der Waals surface area contributed by atoms with Gasteiger partial charge in [0.2, 0.25) is 5.91 Å². The van der Waals surface area contributed by atoms with Gasteiger partial charge in [0, 0.05) is 7.05 Å². The summed E-state index contributed by atoms with van der Waals surface area (Å²) < 4.78 is 0. The maximum absolute atomic E-state index is 10.8. The van der Waals surface area contributed by atoms with Gasteiger partial charge in [-0.05, 0) is 6.54 Å². The van der Waals surface area contributed by atoms with E-state index in [0.29, 0.717) is 19.6 Å². The minimum Gasteiger partial charge on any atom is -0.358 e. The van der Waals surface area contributed by atoms with Crippen LogP contribution in [0.1, 0.15) is 6.92 Å². The SMILES string of the molecule is CCN(CC=O)CC(=O)NC. The van der Waals surface area contributed by atoms with Crippen molar-refractivity contribution in [2.45, 2.75) is 6.92 Å². The normalized spacial score (nSPS) is 9.73. The summed E-state index contributed by atoms with van der Waals surface area (Å²) in [5, 5.41) is 2.49. The quantitative estimate of drug-likeness (QED) is 0.536. The lowest BCUT2D eigenvalue weighted by Crippen LogP contribution is -2.36. The van der Waals surface area contributed by atoms with Crippen LogP contribution in [0.25, 0.3) is 0 Å². The van der Waals surface area contributed by atoms with Gasteiger partial charge in [-0.3, -0.25) is 9.69 Å². The molecule has 0 aliphatic heterocycles. The molecule has 0 bridgehead atoms. The summed E-state index contributed by atoms with van der Waals surface area (Å²) in [6.07, 6.45) is 0.798. The van der Waals surface area contributed by atoms with Crippen molar-refractivity contribution in [1.29, 1.82) is 0 Å². The van der Waals surface area contributed by atoms with E-state index in [2.05, 4.69) is 5.32 Å². The largest absolute Gasteiger partial charge is 0.358 e. The second-order valence-corrected chi connectivity index (χ2v) is 2.17. The highest BCUT2D eigenvalue weighted by molar-refractivity contribution is 5.77. The van der Waals surface area contributed by atoms with Crippen LogP contribution in [0, 0.1) is 0 Å². The third-order valence-corrected chi connectivity index (χ3v) is 1.43. The van der Waals surface area contributed by atoms with Crippen LogP contribution in [0.5, 0.6) is 0 Å². The van der Waals surface area contributed by atoms with E-state index in [9.17, 15) is 9.59 Å². The Morgan fingerprint density at radius 3 is 2.64 bits per heavy atom. The van der Waals surface area contributed by atoms with E-state index in [1.807, 2.05) is 6.92 Å². The summed E-state index contributed by atoms with van der Waals surface area (Å²) >= 11 is 0. The van der Waals surface area contributed by atoms with Crippen molar-refractivity contribution in [2.75, 3.05) is 26.7 Å². The van der Waals surface area contributed by atoms with Crippen molar-refractivity contribution in [3.05, 3.63) is 0 Å². The number of hydrogen-bond acceptors (Lipinski definition) is 3. The Hall–Kier alpha value is -0.900. The van der Waals surface area contributed by atoms with Crippen molar-refractivity contribution < 1.29 is 9.59 Å². The van der Waals surface area contributed by atoms with E-state index in [1.165, 1.54) is 0 Å². The molecule has 0 unspecified atom stereocenters. The van der Waals surface area contributed by atoms with Gasteiger partial charge in [-0.2, -0.15) is 0 Å². The van der Waals surface area contributed by atoms with Gasteiger partial charge in [-0.1, -0.05) is 6.92 Å². The van der Waals surface area contributed by atoms with Crippen LogP contribution in [-0.4, -0.2) is 43.8 Å². The zero-order valence-electron chi connectivity index (χ0n) is 6.96. The molecule has 1 amide bonds. The summed E-state index contributed by atoms with van der Waals surface area (Å²) in [4.78, 5) is 22.6. The molecule has 0 aliphatic rings. The fourth-order valence-electron chi connectivity index (χ4n) is 0.693. The Morgan fingerprint density at radius 2 is 2.27 bits per heavy atom. The Morgan fingerprint density at radius 1 is 1.64 bits per heavy atom. The Kier molecular flexibility index (Phi) is 5.37. The standard InChI is InChI=1S/C7H14N2O2/c1-3-9(4-5-10)6-7(11)8-2/h5H,3-4,6H2,1-2H3,(H,8,11). The molecular weight excluding hydrogens is 144 g/mol. The number of amides is 1. The van der Waals surface area contributed by atoms with Crippen molar-refractivity contribution in [2.24, 2.45) is 0 Å². The Balaban J connectivity index is 3.67. The third-order valence-electron chi connectivity index (χ3n) is 1.43. The first-order chi connectivity index (χ1) is 5.24. The van der Waals surface area contributed by atoms with Crippen LogP contribution in [0.2, 0.25) is 0 Å². The molecule has 0 aromatic heterocycles. The monoisotopic (exact) mass is 158 g/mol. The predicted octanol–water partition coefficient (Wildman–Crippen LogP) is -0.747. The van der Waals surface area contributed by atoms with Crippen LogP contribution in [0.15, 0.2) is 0 Å². The zero-order chi connectivity index (χ0) is 8.69. The summed E-state index contributed by atoms with van der Waals surface area (Å²) in [5.74, 6) is -0.0614. The van der Waals surface area contributed by atoms with Gasteiger partial charge in [-0.25, -0.2) is 0 Å². The van der Waals surface area contributed by atoms with Crippen molar-refractivity contribution >= 4 is 12.2 Å². The molecule has 4 heteroatoms. The lowest BCUT2D eigenvalue weighted by Gasteiger charge is -2.15. The molecule has 0 rings (SSSR count). The van der Waals surface area contributed by atoms with Gasteiger partial charge >= 0.3 is 0 Å². The average Bonchev–Trinajstić information content (AvgIpc) is 2.03. The number of nitrogens with zero attached hydrogens (tertiary/aromatic N) is 1. The molecule has 0 heterocycles. The van der Waals surface area contributed by atoms with Crippen LogP contribution in [0.3, 0.4) is 0 Å². The lowest BCUT2D eigenvalue weighted by atomic mass is 10.4. The van der Waals surface area contributed by atoms with Gasteiger partial charge < -0.3 is 10.1 Å². The highest BCUT2D eigenvalue weighted by atomic mass is 16.2. The molecule has 64 valence electrons. The minimum atomic E-state index is -0.0614. The number of hydrogen-bond donors (Lipinski definition) is 1. The molecule has 11 heavy (non-hydrogen) atoms. The van der Waals surface area contributed by atoms with Crippen molar-refractivity contribution in [3.63, 3.8) is 0 Å². The third kappa shape index (κ3) is 4.50. The molecule has 0 saturated carbocycles. The van der Waals surface area contributed by atoms with Gasteiger partial charge in [0.05, 0.1) is 13.1 Å². The number of likely N-dealkylation sites (N-methyl/N-ethyl adjacent to an activating group) is 2. The number of rotatable bonds is 5. The van der Waals surface area contributed by atoms with Crippen LogP contribution in [-0.2, 0) is 9.59 Å². The molecule has 0 aromatic rings. The van der Waals surface area contributed by atoms with Gasteiger partial charge in [0.25, 0.3) is 0 Å². The summed E-state index contributed by atoms with van der Waals surface area (Å²) in [5.41, 5.74) is 0. The summed E-state index contributed by atoms with van der Waals surface area (Å²) in [7, 11) is 1.58. The molecule has 0 aliphatic carbocycles. The Labute approximate surface area is 66.6 Å². The van der Waals surface area contributed by atoms with E-state index in [0.717, 1.165) is 6.29 Å². The molecule has 0 spiro atoms. The summed E-state index contributed by atoms with van der Waals surface area (Å²) in [6.45, 7) is 3.24. The average molecular weight is 158 g/mol. The zero-order valence-corrected chi connectivity index (χ0v) is 6.96. The van der Waals surface area contributed by atoms with Crippen molar-refractivity contribution in [3.8, 4) is 0 Å². The first kappa shape index (κ1) is 10.1. The second-order valence-electron chi connectivity index (χ2n) is 2.17. The minimum absolute atomic E-state index is 0.0614. The lowest BCUT2D eigenvalue weighted by molar-refractivity contribution is -0.122. The molecule has 4 nitrogen and oxygen atoms in total. The Bertz CT molecular complexity index is 136. The van der Waals surface area contributed by atoms with Crippen LogP contribution in [0.4, 0.5) is 0 Å². The van der Waals surface area contributed by atoms with E-state index in [-0.39, 0.29) is 5.91 Å². The molecule has 0 saturated heterocycles. The van der Waals surface area contributed by atoms with Gasteiger partial charge in [0.15, 0.2) is 0 Å². The molecular formula is C7H14N2O2. The fraction of sp³-hybridized carbons (Fsp3) is 0.714. The van der Waals surface area contributed by atoms with E-state index < -0.39 is 0 Å². The maximum atomic E-state index is 10.8. The molecule has 0 fully saturated rings. The van der Waals surface area contributed by atoms with Crippen LogP contribution >= 0.6 is 0 Å². The molecule has 0 radical (unpaired) electrons. The number of carbonyl (C=O) groups excluding carboxylic acids is 2. The topological polar surface area (TPSA) is 49.4 Å². The van der Waals surface area contributed by atoms with Gasteiger partial charge in [-0.15, -0.1) is 0 Å². The first-order valence-corrected chi connectivity index (χ1v) is 3.61. The van der Waals surface area contributed by atoms with E-state index in [4.69, 9.17) is 0 Å². The molecule has 0 atom stereocenters. The first-order valence-electron chi connectivity index (χ1n) is 3.61. The highest BCUT2D eigenvalue weighted by Crippen LogP contribution is 1.83. The van der Waals surface area contributed by atoms with Crippen molar-refractivity contribution in [1.82, 2.24) is 10.2 Å². The van der Waals surface area contributed by atoms with Crippen LogP contribution < -0.4 is 5.32 Å². The number of aldehydes is 1. The van der Waals surface area contributed by atoms with E-state index >= 15 is 0 Å². The molecule has 1 N–H and O–H groups in total. The number of carbonyl (C=O) groups is 2. The van der Waals surface area contributed by atoms with E-state index in [1.54, 1.807) is 11.9 Å². The molecule has 0 aromatic carbocycles.